The highest BCUT2D eigenvalue weighted by Gasteiger charge is 2.19. The highest BCUT2D eigenvalue weighted by molar-refractivity contribution is 7.13. The number of rotatable bonds is 3. The fraction of sp³-hybridized carbons (Fsp3) is 0.312. The Balaban J connectivity index is 1.53. The SMILES string of the molecule is Cn1nccc1CN1CCc2nc(-c3cccs3)ncc2C1. The maximum atomic E-state index is 4.76. The van der Waals surface area contributed by atoms with Crippen LogP contribution in [0.5, 0.6) is 0 Å². The largest absolute Gasteiger partial charge is 0.293 e. The van der Waals surface area contributed by atoms with Crippen molar-refractivity contribution >= 4 is 11.3 Å². The first kappa shape index (κ1) is 13.6. The molecule has 3 aromatic rings. The Kier molecular flexibility index (Phi) is 3.48. The lowest BCUT2D eigenvalue weighted by Gasteiger charge is -2.27. The fourth-order valence-corrected chi connectivity index (χ4v) is 3.48. The Hall–Kier alpha value is -2.05. The van der Waals surface area contributed by atoms with E-state index in [1.165, 1.54) is 17.0 Å². The molecule has 0 N–H and O–H groups in total. The summed E-state index contributed by atoms with van der Waals surface area (Å²) in [7, 11) is 1.99. The third-order valence-corrected chi connectivity index (χ3v) is 4.93. The zero-order chi connectivity index (χ0) is 14.9. The maximum absolute atomic E-state index is 4.76. The second-order valence-corrected chi connectivity index (χ2v) is 6.50. The smallest absolute Gasteiger partial charge is 0.169 e. The average molecular weight is 311 g/mol. The molecular weight excluding hydrogens is 294 g/mol. The van der Waals surface area contributed by atoms with Crippen molar-refractivity contribution in [2.75, 3.05) is 6.54 Å². The molecule has 0 aromatic carbocycles. The van der Waals surface area contributed by atoms with Crippen molar-refractivity contribution in [3.8, 4) is 10.7 Å². The van der Waals surface area contributed by atoms with Crippen LogP contribution in [0.15, 0.2) is 36.0 Å². The molecule has 3 aromatic heterocycles. The molecule has 0 bridgehead atoms. The minimum absolute atomic E-state index is 0.855. The van der Waals surface area contributed by atoms with Crippen LogP contribution in [0.3, 0.4) is 0 Å². The molecule has 22 heavy (non-hydrogen) atoms. The fourth-order valence-electron chi connectivity index (χ4n) is 2.82. The lowest BCUT2D eigenvalue weighted by molar-refractivity contribution is 0.236. The molecule has 0 fully saturated rings. The predicted molar refractivity (Wildman–Crippen MR) is 86.4 cm³/mol. The van der Waals surface area contributed by atoms with E-state index < -0.39 is 0 Å². The van der Waals surface area contributed by atoms with Gasteiger partial charge in [0.25, 0.3) is 0 Å². The quantitative estimate of drug-likeness (QED) is 0.745. The highest BCUT2D eigenvalue weighted by atomic mass is 32.1. The first-order valence-electron chi connectivity index (χ1n) is 7.37. The van der Waals surface area contributed by atoms with Crippen LogP contribution in [0.4, 0.5) is 0 Å². The molecule has 4 heterocycles. The molecule has 0 unspecified atom stereocenters. The van der Waals surface area contributed by atoms with Gasteiger partial charge in [-0.05, 0) is 17.5 Å². The lowest BCUT2D eigenvalue weighted by Crippen LogP contribution is -2.31. The molecule has 0 saturated heterocycles. The molecule has 0 amide bonds. The van der Waals surface area contributed by atoms with Crippen LogP contribution in [0.25, 0.3) is 10.7 Å². The minimum Gasteiger partial charge on any atom is -0.293 e. The van der Waals surface area contributed by atoms with E-state index in [2.05, 4.69) is 32.5 Å². The van der Waals surface area contributed by atoms with Gasteiger partial charge in [-0.3, -0.25) is 9.58 Å². The van der Waals surface area contributed by atoms with Crippen LogP contribution < -0.4 is 0 Å². The van der Waals surface area contributed by atoms with Gasteiger partial charge < -0.3 is 0 Å². The number of nitrogens with zero attached hydrogens (tertiary/aromatic N) is 5. The summed E-state index contributed by atoms with van der Waals surface area (Å²) in [5.74, 6) is 0.855. The molecule has 0 saturated carbocycles. The summed E-state index contributed by atoms with van der Waals surface area (Å²) < 4.78 is 1.94. The number of aryl methyl sites for hydroxylation is 1. The number of aromatic nitrogens is 4. The molecule has 1 aliphatic rings. The summed E-state index contributed by atoms with van der Waals surface area (Å²) in [4.78, 5) is 12.9. The number of thiophene rings is 1. The van der Waals surface area contributed by atoms with Crippen LogP contribution in [0, 0.1) is 0 Å². The van der Waals surface area contributed by atoms with E-state index in [1.807, 2.05) is 30.2 Å². The van der Waals surface area contributed by atoms with Crippen molar-refractivity contribution < 1.29 is 0 Å². The van der Waals surface area contributed by atoms with Crippen molar-refractivity contribution in [3.63, 3.8) is 0 Å². The van der Waals surface area contributed by atoms with Gasteiger partial charge in [0.1, 0.15) is 0 Å². The molecule has 112 valence electrons. The number of hydrogen-bond donors (Lipinski definition) is 0. The number of hydrogen-bond acceptors (Lipinski definition) is 5. The Morgan fingerprint density at radius 1 is 1.32 bits per heavy atom. The lowest BCUT2D eigenvalue weighted by atomic mass is 10.1. The Morgan fingerprint density at radius 2 is 2.27 bits per heavy atom. The van der Waals surface area contributed by atoms with Gasteiger partial charge in [0.2, 0.25) is 0 Å². The first-order chi connectivity index (χ1) is 10.8. The third-order valence-electron chi connectivity index (χ3n) is 4.06. The van der Waals surface area contributed by atoms with Gasteiger partial charge in [-0.25, -0.2) is 9.97 Å². The van der Waals surface area contributed by atoms with Crippen molar-refractivity contribution in [2.45, 2.75) is 19.5 Å². The van der Waals surface area contributed by atoms with Crippen molar-refractivity contribution in [3.05, 3.63) is 52.9 Å². The van der Waals surface area contributed by atoms with Gasteiger partial charge in [-0.2, -0.15) is 5.10 Å². The van der Waals surface area contributed by atoms with E-state index in [4.69, 9.17) is 4.98 Å². The van der Waals surface area contributed by atoms with Crippen molar-refractivity contribution in [1.82, 2.24) is 24.6 Å². The monoisotopic (exact) mass is 311 g/mol. The molecule has 4 rings (SSSR count). The third kappa shape index (κ3) is 2.55. The predicted octanol–water partition coefficient (Wildman–Crippen LogP) is 2.50. The average Bonchev–Trinajstić information content (AvgIpc) is 3.19. The maximum Gasteiger partial charge on any atom is 0.169 e. The molecule has 0 aliphatic carbocycles. The summed E-state index contributed by atoms with van der Waals surface area (Å²) in [5, 5.41) is 6.30. The van der Waals surface area contributed by atoms with E-state index in [1.54, 1.807) is 11.3 Å². The summed E-state index contributed by atoms with van der Waals surface area (Å²) in [6, 6.07) is 6.19. The van der Waals surface area contributed by atoms with Crippen LogP contribution in [-0.2, 0) is 26.6 Å². The van der Waals surface area contributed by atoms with Crippen LogP contribution >= 0.6 is 11.3 Å². The van der Waals surface area contributed by atoms with Gasteiger partial charge in [0.05, 0.1) is 16.3 Å². The Bertz CT molecular complexity index is 778. The highest BCUT2D eigenvalue weighted by Crippen LogP contribution is 2.24. The molecule has 6 heteroatoms. The first-order valence-corrected chi connectivity index (χ1v) is 8.25. The van der Waals surface area contributed by atoms with E-state index in [0.29, 0.717) is 0 Å². The zero-order valence-corrected chi connectivity index (χ0v) is 13.3. The van der Waals surface area contributed by atoms with Gasteiger partial charge in [-0.1, -0.05) is 6.07 Å². The number of fused-ring (bicyclic) bond motifs is 1. The molecular formula is C16H17N5S. The van der Waals surface area contributed by atoms with E-state index >= 15 is 0 Å². The summed E-state index contributed by atoms with van der Waals surface area (Å²) in [5.41, 5.74) is 3.67. The molecule has 0 atom stereocenters. The van der Waals surface area contributed by atoms with Crippen LogP contribution in [-0.4, -0.2) is 31.2 Å². The summed E-state index contributed by atoms with van der Waals surface area (Å²) >= 11 is 1.69. The van der Waals surface area contributed by atoms with E-state index in [-0.39, 0.29) is 0 Å². The van der Waals surface area contributed by atoms with E-state index in [0.717, 1.165) is 36.8 Å². The Morgan fingerprint density at radius 3 is 3.05 bits per heavy atom. The molecule has 1 aliphatic heterocycles. The van der Waals surface area contributed by atoms with Crippen LogP contribution in [0.1, 0.15) is 17.0 Å². The van der Waals surface area contributed by atoms with Crippen LogP contribution in [0.2, 0.25) is 0 Å². The van der Waals surface area contributed by atoms with E-state index in [9.17, 15) is 0 Å². The second kappa shape index (κ2) is 5.62. The van der Waals surface area contributed by atoms with Crippen molar-refractivity contribution in [1.29, 1.82) is 0 Å². The summed E-state index contributed by atoms with van der Waals surface area (Å²) in [6.45, 7) is 2.85. The second-order valence-electron chi connectivity index (χ2n) is 5.55. The minimum atomic E-state index is 0.855. The van der Waals surface area contributed by atoms with Gasteiger partial charge >= 0.3 is 0 Å². The van der Waals surface area contributed by atoms with Gasteiger partial charge in [0.15, 0.2) is 5.82 Å². The van der Waals surface area contributed by atoms with Gasteiger partial charge in [-0.15, -0.1) is 11.3 Å². The standard InChI is InChI=1S/C16H17N5S/c1-20-13(4-6-18-20)11-21-7-5-14-12(10-21)9-17-16(19-14)15-3-2-8-22-15/h2-4,6,8-9H,5,7,10-11H2,1H3. The topological polar surface area (TPSA) is 46.8 Å². The molecule has 0 spiro atoms. The zero-order valence-electron chi connectivity index (χ0n) is 12.4. The Labute approximate surface area is 133 Å². The normalized spacial score (nSPS) is 15.0. The molecule has 0 radical (unpaired) electrons. The molecule has 5 nitrogen and oxygen atoms in total. The van der Waals surface area contributed by atoms with Crippen molar-refractivity contribution in [2.24, 2.45) is 7.05 Å². The van der Waals surface area contributed by atoms with Gasteiger partial charge in [0, 0.05) is 51.1 Å². The summed E-state index contributed by atoms with van der Waals surface area (Å²) in [6.07, 6.45) is 4.82.